The van der Waals surface area contributed by atoms with Gasteiger partial charge in [-0.05, 0) is 23.9 Å². The van der Waals surface area contributed by atoms with E-state index >= 15 is 0 Å². The number of halogens is 1. The highest BCUT2D eigenvalue weighted by Crippen LogP contribution is 2.29. The molecule has 0 heterocycles. The van der Waals surface area contributed by atoms with Crippen LogP contribution in [-0.2, 0) is 0 Å². The van der Waals surface area contributed by atoms with Crippen molar-refractivity contribution in [2.45, 2.75) is 6.42 Å². The van der Waals surface area contributed by atoms with Crippen LogP contribution in [0.1, 0.15) is 6.42 Å². The van der Waals surface area contributed by atoms with Gasteiger partial charge in [-0.1, -0.05) is 40.2 Å². The molecule has 0 aliphatic heterocycles. The molecule has 16 heavy (non-hydrogen) atoms. The molecule has 0 fully saturated rings. The van der Waals surface area contributed by atoms with Crippen molar-refractivity contribution in [1.82, 2.24) is 0 Å². The summed E-state index contributed by atoms with van der Waals surface area (Å²) in [6.07, 6.45) is 0.768. The highest BCUT2D eigenvalue weighted by Gasteiger charge is 2.02. The van der Waals surface area contributed by atoms with E-state index in [0.29, 0.717) is 0 Å². The Labute approximate surface area is 103 Å². The summed E-state index contributed by atoms with van der Waals surface area (Å²) >= 11 is 3.55. The second-order valence-corrected chi connectivity index (χ2v) is 4.50. The quantitative estimate of drug-likeness (QED) is 0.841. The van der Waals surface area contributed by atoms with Crippen LogP contribution in [0.15, 0.2) is 40.9 Å². The molecule has 0 radical (unpaired) electrons. The van der Waals surface area contributed by atoms with Gasteiger partial charge in [-0.15, -0.1) is 0 Å². The van der Waals surface area contributed by atoms with E-state index in [-0.39, 0.29) is 6.61 Å². The second kappa shape index (κ2) is 5.32. The van der Waals surface area contributed by atoms with E-state index in [1.165, 1.54) is 10.8 Å². The topological polar surface area (TPSA) is 32.3 Å². The summed E-state index contributed by atoms with van der Waals surface area (Å²) in [6.45, 7) is 1.02. The average molecular weight is 280 g/mol. The maximum Gasteiger partial charge on any atom is 0.0447 e. The van der Waals surface area contributed by atoms with E-state index in [2.05, 4.69) is 39.4 Å². The van der Waals surface area contributed by atoms with E-state index in [1.807, 2.05) is 18.2 Å². The van der Waals surface area contributed by atoms with Crippen molar-refractivity contribution >= 4 is 32.4 Å². The van der Waals surface area contributed by atoms with Crippen LogP contribution in [0.25, 0.3) is 10.8 Å². The Kier molecular flexibility index (Phi) is 3.80. The lowest BCUT2D eigenvalue weighted by Crippen LogP contribution is -2.03. The van der Waals surface area contributed by atoms with Crippen molar-refractivity contribution in [2.75, 3.05) is 18.5 Å². The normalized spacial score (nSPS) is 10.6. The van der Waals surface area contributed by atoms with Gasteiger partial charge in [0.25, 0.3) is 0 Å². The summed E-state index contributed by atoms with van der Waals surface area (Å²) in [6, 6.07) is 12.4. The molecule has 0 aliphatic carbocycles. The van der Waals surface area contributed by atoms with Crippen molar-refractivity contribution in [2.24, 2.45) is 0 Å². The van der Waals surface area contributed by atoms with Gasteiger partial charge in [0.2, 0.25) is 0 Å². The van der Waals surface area contributed by atoms with Crippen molar-refractivity contribution in [3.63, 3.8) is 0 Å². The van der Waals surface area contributed by atoms with Crippen molar-refractivity contribution in [3.05, 3.63) is 40.9 Å². The predicted octanol–water partition coefficient (Wildman–Crippen LogP) is 3.40. The van der Waals surface area contributed by atoms with Gasteiger partial charge >= 0.3 is 0 Å². The van der Waals surface area contributed by atoms with Crippen LogP contribution >= 0.6 is 15.9 Å². The zero-order valence-electron chi connectivity index (χ0n) is 8.91. The van der Waals surface area contributed by atoms with Crippen molar-refractivity contribution in [3.8, 4) is 0 Å². The molecule has 0 spiro atoms. The first-order valence-corrected chi connectivity index (χ1v) is 6.14. The lowest BCUT2D eigenvalue weighted by atomic mass is 10.1. The molecule has 0 aromatic heterocycles. The van der Waals surface area contributed by atoms with Crippen LogP contribution in [0.4, 0.5) is 5.69 Å². The largest absolute Gasteiger partial charge is 0.396 e. The molecule has 0 bridgehead atoms. The number of fused-ring (bicyclic) bond motifs is 1. The number of aliphatic hydroxyl groups excluding tert-OH is 1. The standard InChI is InChI=1S/C13H14BrNO/c14-12-6-7-13(15-8-3-9-16)11-5-2-1-4-10(11)12/h1-2,4-7,15-16H,3,8-9H2. The Morgan fingerprint density at radius 1 is 1.06 bits per heavy atom. The fourth-order valence-electron chi connectivity index (χ4n) is 1.72. The molecule has 2 rings (SSSR count). The van der Waals surface area contributed by atoms with Crippen molar-refractivity contribution < 1.29 is 5.11 Å². The molecule has 2 aromatic rings. The minimum absolute atomic E-state index is 0.224. The predicted molar refractivity (Wildman–Crippen MR) is 71.8 cm³/mol. The molecular formula is C13H14BrNO. The maximum absolute atomic E-state index is 8.75. The van der Waals surface area contributed by atoms with E-state index < -0.39 is 0 Å². The van der Waals surface area contributed by atoms with E-state index in [0.717, 1.165) is 23.1 Å². The van der Waals surface area contributed by atoms with Crippen molar-refractivity contribution in [1.29, 1.82) is 0 Å². The highest BCUT2D eigenvalue weighted by atomic mass is 79.9. The molecule has 0 amide bonds. The number of aliphatic hydroxyl groups is 1. The Bertz CT molecular complexity index is 484. The first kappa shape index (κ1) is 11.4. The van der Waals surface area contributed by atoms with Gasteiger partial charge in [-0.25, -0.2) is 0 Å². The number of rotatable bonds is 4. The Morgan fingerprint density at radius 3 is 2.56 bits per heavy atom. The third-order valence-electron chi connectivity index (χ3n) is 2.52. The van der Waals surface area contributed by atoms with Gasteiger partial charge in [-0.3, -0.25) is 0 Å². The first-order chi connectivity index (χ1) is 7.83. The van der Waals surface area contributed by atoms with Crippen LogP contribution in [0.3, 0.4) is 0 Å². The second-order valence-electron chi connectivity index (χ2n) is 3.64. The Hall–Kier alpha value is -1.06. The van der Waals surface area contributed by atoms with E-state index in [4.69, 9.17) is 5.11 Å². The molecule has 84 valence electrons. The maximum atomic E-state index is 8.75. The van der Waals surface area contributed by atoms with Gasteiger partial charge in [0.15, 0.2) is 0 Å². The van der Waals surface area contributed by atoms with Crippen LogP contribution in [0.5, 0.6) is 0 Å². The monoisotopic (exact) mass is 279 g/mol. The molecular weight excluding hydrogens is 266 g/mol. The molecule has 2 nitrogen and oxygen atoms in total. The number of nitrogens with one attached hydrogen (secondary N) is 1. The van der Waals surface area contributed by atoms with Gasteiger partial charge < -0.3 is 10.4 Å². The molecule has 0 saturated carbocycles. The Morgan fingerprint density at radius 2 is 1.81 bits per heavy atom. The fourth-order valence-corrected chi connectivity index (χ4v) is 2.20. The molecule has 0 aliphatic rings. The molecule has 0 unspecified atom stereocenters. The number of benzene rings is 2. The summed E-state index contributed by atoms with van der Waals surface area (Å²) in [5, 5.41) is 14.5. The zero-order chi connectivity index (χ0) is 11.4. The first-order valence-electron chi connectivity index (χ1n) is 5.35. The molecule has 2 aromatic carbocycles. The smallest absolute Gasteiger partial charge is 0.0447 e. The lowest BCUT2D eigenvalue weighted by Gasteiger charge is -2.10. The summed E-state index contributed by atoms with van der Waals surface area (Å²) in [7, 11) is 0. The van der Waals surface area contributed by atoms with Gasteiger partial charge in [0.05, 0.1) is 0 Å². The molecule has 0 atom stereocenters. The summed E-state index contributed by atoms with van der Waals surface area (Å²) in [5.41, 5.74) is 1.12. The van der Waals surface area contributed by atoms with E-state index in [1.54, 1.807) is 0 Å². The molecule has 0 saturated heterocycles. The SMILES string of the molecule is OCCCNc1ccc(Br)c2ccccc12. The van der Waals surface area contributed by atoms with Crippen LogP contribution in [0, 0.1) is 0 Å². The lowest BCUT2D eigenvalue weighted by molar-refractivity contribution is 0.292. The molecule has 3 heteroatoms. The highest BCUT2D eigenvalue weighted by molar-refractivity contribution is 9.10. The number of anilines is 1. The third-order valence-corrected chi connectivity index (χ3v) is 3.21. The zero-order valence-corrected chi connectivity index (χ0v) is 10.5. The Balaban J connectivity index is 2.35. The number of hydrogen-bond donors (Lipinski definition) is 2. The van der Waals surface area contributed by atoms with E-state index in [9.17, 15) is 0 Å². The van der Waals surface area contributed by atoms with Crippen LogP contribution < -0.4 is 5.32 Å². The van der Waals surface area contributed by atoms with Gasteiger partial charge in [0.1, 0.15) is 0 Å². The fraction of sp³-hybridized carbons (Fsp3) is 0.231. The minimum Gasteiger partial charge on any atom is -0.396 e. The van der Waals surface area contributed by atoms with Gasteiger partial charge in [-0.2, -0.15) is 0 Å². The molecule has 2 N–H and O–H groups in total. The van der Waals surface area contributed by atoms with Gasteiger partial charge in [0, 0.05) is 28.7 Å². The summed E-state index contributed by atoms with van der Waals surface area (Å²) in [5.74, 6) is 0. The summed E-state index contributed by atoms with van der Waals surface area (Å²) < 4.78 is 1.11. The summed E-state index contributed by atoms with van der Waals surface area (Å²) in [4.78, 5) is 0. The number of hydrogen-bond acceptors (Lipinski definition) is 2. The average Bonchev–Trinajstić information content (AvgIpc) is 2.33. The van der Waals surface area contributed by atoms with Crippen LogP contribution in [0.2, 0.25) is 0 Å². The van der Waals surface area contributed by atoms with Crippen LogP contribution in [-0.4, -0.2) is 18.3 Å². The minimum atomic E-state index is 0.224. The third kappa shape index (κ3) is 2.36.